The number of halogens is 2. The molecule has 0 spiro atoms. The van der Waals surface area contributed by atoms with Gasteiger partial charge in [-0.05, 0) is 37.3 Å². The van der Waals surface area contributed by atoms with Gasteiger partial charge in [-0.3, -0.25) is 4.79 Å². The third kappa shape index (κ3) is 2.61. The van der Waals surface area contributed by atoms with Gasteiger partial charge in [-0.15, -0.1) is 0 Å². The van der Waals surface area contributed by atoms with E-state index in [1.807, 2.05) is 0 Å². The van der Waals surface area contributed by atoms with E-state index in [2.05, 4.69) is 0 Å². The summed E-state index contributed by atoms with van der Waals surface area (Å²) in [7, 11) is 0. The van der Waals surface area contributed by atoms with Crippen molar-refractivity contribution in [1.82, 2.24) is 0 Å². The first-order chi connectivity index (χ1) is 9.54. The molecule has 1 amide bonds. The van der Waals surface area contributed by atoms with Crippen LogP contribution in [0, 0.1) is 11.6 Å². The topological polar surface area (TPSA) is 40.5 Å². The molecule has 0 bridgehead atoms. The maximum Gasteiger partial charge on any atom is 0.262 e. The van der Waals surface area contributed by atoms with E-state index in [1.54, 1.807) is 13.0 Å². The van der Waals surface area contributed by atoms with Gasteiger partial charge in [-0.1, -0.05) is 12.1 Å². The number of para-hydroxylation sites is 1. The summed E-state index contributed by atoms with van der Waals surface area (Å²) in [5.41, 5.74) is -0.112. The van der Waals surface area contributed by atoms with Gasteiger partial charge in [0.15, 0.2) is 0 Å². The molecular formula is C15H13F2NO2. The van der Waals surface area contributed by atoms with Crippen LogP contribution in [0.3, 0.4) is 0 Å². The molecule has 2 aromatic rings. The number of aromatic hydroxyl groups is 1. The number of phenolic OH excluding ortho intramolecular Hbond substituents is 1. The van der Waals surface area contributed by atoms with Gasteiger partial charge in [0.05, 0.1) is 11.3 Å². The molecule has 1 N–H and O–H groups in total. The average Bonchev–Trinajstić information content (AvgIpc) is 2.44. The van der Waals surface area contributed by atoms with E-state index < -0.39 is 17.5 Å². The largest absolute Gasteiger partial charge is 0.507 e. The molecule has 0 atom stereocenters. The van der Waals surface area contributed by atoms with Gasteiger partial charge in [-0.2, -0.15) is 0 Å². The number of rotatable bonds is 3. The first kappa shape index (κ1) is 14.0. The Morgan fingerprint density at radius 1 is 1.20 bits per heavy atom. The van der Waals surface area contributed by atoms with Crippen LogP contribution < -0.4 is 4.90 Å². The third-order valence-corrected chi connectivity index (χ3v) is 2.89. The fourth-order valence-corrected chi connectivity index (χ4v) is 1.92. The van der Waals surface area contributed by atoms with Gasteiger partial charge in [-0.25, -0.2) is 8.78 Å². The smallest absolute Gasteiger partial charge is 0.262 e. The van der Waals surface area contributed by atoms with Gasteiger partial charge < -0.3 is 10.0 Å². The standard InChI is InChI=1S/C15H13F2NO2/c1-2-18(13-6-4-3-5-12(13)17)15(20)11-9-10(16)7-8-14(11)19/h3-9,19H,2H2,1H3. The minimum absolute atomic E-state index is 0.0867. The van der Waals surface area contributed by atoms with Gasteiger partial charge in [0.2, 0.25) is 0 Å². The highest BCUT2D eigenvalue weighted by atomic mass is 19.1. The number of amides is 1. The van der Waals surface area contributed by atoms with Crippen LogP contribution in [0.1, 0.15) is 17.3 Å². The first-order valence-corrected chi connectivity index (χ1v) is 6.09. The lowest BCUT2D eigenvalue weighted by Crippen LogP contribution is -2.31. The van der Waals surface area contributed by atoms with Crippen LogP contribution in [0.5, 0.6) is 5.75 Å². The number of phenols is 1. The Bertz CT molecular complexity index is 644. The third-order valence-electron chi connectivity index (χ3n) is 2.89. The zero-order chi connectivity index (χ0) is 14.7. The quantitative estimate of drug-likeness (QED) is 0.934. The zero-order valence-electron chi connectivity index (χ0n) is 10.8. The lowest BCUT2D eigenvalue weighted by atomic mass is 10.1. The summed E-state index contributed by atoms with van der Waals surface area (Å²) >= 11 is 0. The molecule has 2 aromatic carbocycles. The maximum absolute atomic E-state index is 13.8. The van der Waals surface area contributed by atoms with Gasteiger partial charge >= 0.3 is 0 Å². The normalized spacial score (nSPS) is 10.3. The Labute approximate surface area is 115 Å². The van der Waals surface area contributed by atoms with Crippen molar-refractivity contribution in [3.05, 3.63) is 59.7 Å². The Morgan fingerprint density at radius 2 is 1.90 bits per heavy atom. The predicted octanol–water partition coefficient (Wildman–Crippen LogP) is 3.34. The molecule has 104 valence electrons. The number of carbonyl (C=O) groups is 1. The SMILES string of the molecule is CCN(C(=O)c1cc(F)ccc1O)c1ccccc1F. The second kappa shape index (κ2) is 5.69. The highest BCUT2D eigenvalue weighted by Crippen LogP contribution is 2.25. The number of hydrogen-bond donors (Lipinski definition) is 1. The maximum atomic E-state index is 13.8. The molecule has 0 unspecified atom stereocenters. The summed E-state index contributed by atoms with van der Waals surface area (Å²) in [4.78, 5) is 13.5. The summed E-state index contributed by atoms with van der Waals surface area (Å²) in [6.07, 6.45) is 0. The number of anilines is 1. The van der Waals surface area contributed by atoms with Crippen LogP contribution in [0.15, 0.2) is 42.5 Å². The van der Waals surface area contributed by atoms with Crippen molar-refractivity contribution in [2.24, 2.45) is 0 Å². The predicted molar refractivity (Wildman–Crippen MR) is 71.8 cm³/mol. The summed E-state index contributed by atoms with van der Waals surface area (Å²) in [6.45, 7) is 1.86. The fourth-order valence-electron chi connectivity index (χ4n) is 1.92. The van der Waals surface area contributed by atoms with Crippen molar-refractivity contribution >= 4 is 11.6 Å². The lowest BCUT2D eigenvalue weighted by molar-refractivity contribution is 0.0984. The van der Waals surface area contributed by atoms with E-state index in [0.717, 1.165) is 23.1 Å². The molecule has 20 heavy (non-hydrogen) atoms. The lowest BCUT2D eigenvalue weighted by Gasteiger charge is -2.22. The number of hydrogen-bond acceptors (Lipinski definition) is 2. The van der Waals surface area contributed by atoms with E-state index >= 15 is 0 Å². The minimum atomic E-state index is -0.658. The summed E-state index contributed by atoms with van der Waals surface area (Å²) in [5, 5.41) is 9.66. The van der Waals surface area contributed by atoms with Crippen LogP contribution in [-0.2, 0) is 0 Å². The Hall–Kier alpha value is -2.43. The van der Waals surface area contributed by atoms with E-state index in [1.165, 1.54) is 18.2 Å². The zero-order valence-corrected chi connectivity index (χ0v) is 10.8. The van der Waals surface area contributed by atoms with E-state index in [0.29, 0.717) is 0 Å². The van der Waals surface area contributed by atoms with Crippen LogP contribution in [0.25, 0.3) is 0 Å². The monoisotopic (exact) mass is 277 g/mol. The van der Waals surface area contributed by atoms with Crippen LogP contribution >= 0.6 is 0 Å². The van der Waals surface area contributed by atoms with Crippen molar-refractivity contribution in [2.75, 3.05) is 11.4 Å². The molecule has 0 heterocycles. The fraction of sp³-hybridized carbons (Fsp3) is 0.133. The van der Waals surface area contributed by atoms with E-state index in [4.69, 9.17) is 0 Å². The molecule has 5 heteroatoms. The summed E-state index contributed by atoms with van der Waals surface area (Å²) in [6, 6.07) is 8.87. The highest BCUT2D eigenvalue weighted by molar-refractivity contribution is 6.07. The van der Waals surface area contributed by atoms with E-state index in [9.17, 15) is 18.7 Å². The van der Waals surface area contributed by atoms with Crippen molar-refractivity contribution < 1.29 is 18.7 Å². The molecule has 0 aliphatic heterocycles. The van der Waals surface area contributed by atoms with Crippen LogP contribution in [0.4, 0.5) is 14.5 Å². The first-order valence-electron chi connectivity index (χ1n) is 6.09. The molecule has 0 aromatic heterocycles. The second-order valence-electron chi connectivity index (χ2n) is 4.16. The second-order valence-corrected chi connectivity index (χ2v) is 4.16. The van der Waals surface area contributed by atoms with E-state index in [-0.39, 0.29) is 23.5 Å². The van der Waals surface area contributed by atoms with Crippen LogP contribution in [-0.4, -0.2) is 17.6 Å². The van der Waals surface area contributed by atoms with Gasteiger partial charge in [0, 0.05) is 6.54 Å². The molecule has 3 nitrogen and oxygen atoms in total. The minimum Gasteiger partial charge on any atom is -0.507 e. The molecule has 2 rings (SSSR count). The van der Waals surface area contributed by atoms with Crippen molar-refractivity contribution in [2.45, 2.75) is 6.92 Å². The molecule has 0 saturated heterocycles. The molecule has 0 fully saturated rings. The molecular weight excluding hydrogens is 264 g/mol. The highest BCUT2D eigenvalue weighted by Gasteiger charge is 2.21. The molecule has 0 aliphatic carbocycles. The van der Waals surface area contributed by atoms with Crippen molar-refractivity contribution in [3.63, 3.8) is 0 Å². The van der Waals surface area contributed by atoms with Gasteiger partial charge in [0.25, 0.3) is 5.91 Å². The molecule has 0 aliphatic rings. The summed E-state index contributed by atoms with van der Waals surface area (Å²) < 4.78 is 27.0. The number of benzene rings is 2. The average molecular weight is 277 g/mol. The Morgan fingerprint density at radius 3 is 2.55 bits per heavy atom. The number of nitrogens with zero attached hydrogens (tertiary/aromatic N) is 1. The molecule has 0 radical (unpaired) electrons. The number of carbonyl (C=O) groups excluding carboxylic acids is 1. The van der Waals surface area contributed by atoms with Crippen molar-refractivity contribution in [1.29, 1.82) is 0 Å². The Balaban J connectivity index is 2.45. The Kier molecular flexibility index (Phi) is 3.98. The van der Waals surface area contributed by atoms with Crippen molar-refractivity contribution in [3.8, 4) is 5.75 Å². The van der Waals surface area contributed by atoms with Gasteiger partial charge in [0.1, 0.15) is 17.4 Å². The van der Waals surface area contributed by atoms with Crippen LogP contribution in [0.2, 0.25) is 0 Å². The molecule has 0 saturated carbocycles. The summed E-state index contributed by atoms with van der Waals surface area (Å²) in [5.74, 6) is -2.20.